The van der Waals surface area contributed by atoms with Gasteiger partial charge in [0.1, 0.15) is 5.76 Å². The molecule has 0 fully saturated rings. The molecule has 0 aliphatic carbocycles. The summed E-state index contributed by atoms with van der Waals surface area (Å²) in [7, 11) is 0. The smallest absolute Gasteiger partial charge is 0.319 e. The second-order valence-corrected chi connectivity index (χ2v) is 6.47. The maximum atomic E-state index is 12.8. The van der Waals surface area contributed by atoms with Gasteiger partial charge in [0.05, 0.1) is 18.4 Å². The summed E-state index contributed by atoms with van der Waals surface area (Å²) in [6, 6.07) is 12.4. The summed E-state index contributed by atoms with van der Waals surface area (Å²) < 4.78 is 7.46. The molecule has 146 valence electrons. The highest BCUT2D eigenvalue weighted by molar-refractivity contribution is 6.05. The first-order valence-electron chi connectivity index (χ1n) is 9.13. The number of urea groups is 1. The number of benzene rings is 1. The first-order chi connectivity index (χ1) is 13.5. The fourth-order valence-corrected chi connectivity index (χ4v) is 3.04. The van der Waals surface area contributed by atoms with E-state index in [2.05, 4.69) is 16.0 Å². The van der Waals surface area contributed by atoms with Crippen LogP contribution in [-0.4, -0.2) is 23.1 Å². The van der Waals surface area contributed by atoms with E-state index in [1.807, 2.05) is 43.5 Å². The van der Waals surface area contributed by atoms with Gasteiger partial charge < -0.3 is 24.9 Å². The van der Waals surface area contributed by atoms with Crippen molar-refractivity contribution in [3.8, 4) is 0 Å². The lowest BCUT2D eigenvalue weighted by molar-refractivity contribution is 0.102. The minimum Gasteiger partial charge on any atom is -0.467 e. The van der Waals surface area contributed by atoms with Crippen molar-refractivity contribution in [2.75, 3.05) is 17.2 Å². The number of amides is 3. The van der Waals surface area contributed by atoms with Gasteiger partial charge in [0.2, 0.25) is 0 Å². The Labute approximate surface area is 163 Å². The van der Waals surface area contributed by atoms with Gasteiger partial charge >= 0.3 is 6.03 Å². The van der Waals surface area contributed by atoms with E-state index >= 15 is 0 Å². The molecular formula is C21H24N4O3. The van der Waals surface area contributed by atoms with Crippen LogP contribution in [-0.2, 0) is 6.54 Å². The third-order valence-corrected chi connectivity index (χ3v) is 4.43. The van der Waals surface area contributed by atoms with E-state index in [1.165, 1.54) is 0 Å². The van der Waals surface area contributed by atoms with Crippen molar-refractivity contribution in [2.45, 2.75) is 27.3 Å². The Morgan fingerprint density at radius 2 is 1.79 bits per heavy atom. The molecule has 0 radical (unpaired) electrons. The minimum absolute atomic E-state index is 0.200. The average molecular weight is 380 g/mol. The van der Waals surface area contributed by atoms with E-state index in [-0.39, 0.29) is 11.9 Å². The van der Waals surface area contributed by atoms with Crippen molar-refractivity contribution in [1.82, 2.24) is 9.88 Å². The molecule has 0 saturated heterocycles. The number of anilines is 2. The first kappa shape index (κ1) is 19.3. The van der Waals surface area contributed by atoms with Gasteiger partial charge in [0, 0.05) is 29.3 Å². The van der Waals surface area contributed by atoms with E-state index in [1.54, 1.807) is 30.5 Å². The predicted molar refractivity (Wildman–Crippen MR) is 109 cm³/mol. The molecule has 0 saturated carbocycles. The van der Waals surface area contributed by atoms with E-state index in [0.29, 0.717) is 30.0 Å². The van der Waals surface area contributed by atoms with Gasteiger partial charge in [-0.25, -0.2) is 4.79 Å². The Balaban J connectivity index is 1.74. The van der Waals surface area contributed by atoms with Gasteiger partial charge in [0.25, 0.3) is 5.91 Å². The Hall–Kier alpha value is -3.48. The van der Waals surface area contributed by atoms with Crippen LogP contribution in [0.4, 0.5) is 16.2 Å². The highest BCUT2D eigenvalue weighted by Crippen LogP contribution is 2.20. The van der Waals surface area contributed by atoms with E-state index in [0.717, 1.165) is 17.1 Å². The molecule has 2 heterocycles. The Morgan fingerprint density at radius 3 is 2.46 bits per heavy atom. The van der Waals surface area contributed by atoms with Crippen LogP contribution in [0.2, 0.25) is 0 Å². The van der Waals surface area contributed by atoms with Crippen LogP contribution < -0.4 is 16.0 Å². The highest BCUT2D eigenvalue weighted by atomic mass is 16.3. The molecule has 0 spiro atoms. The Kier molecular flexibility index (Phi) is 5.84. The SMILES string of the molecule is CCNC(=O)Nc1cccc(NC(=O)c2cc(C)n(Cc3ccco3)c2C)c1. The average Bonchev–Trinajstić information content (AvgIpc) is 3.26. The van der Waals surface area contributed by atoms with Gasteiger partial charge in [-0.3, -0.25) is 4.79 Å². The van der Waals surface area contributed by atoms with Crippen LogP contribution in [0.25, 0.3) is 0 Å². The second-order valence-electron chi connectivity index (χ2n) is 6.47. The van der Waals surface area contributed by atoms with Crippen LogP contribution in [0.1, 0.15) is 34.4 Å². The quantitative estimate of drug-likeness (QED) is 0.600. The summed E-state index contributed by atoms with van der Waals surface area (Å²) in [6.45, 7) is 6.83. The van der Waals surface area contributed by atoms with Gasteiger partial charge in [-0.1, -0.05) is 6.07 Å². The number of aromatic nitrogens is 1. The maximum absolute atomic E-state index is 12.8. The molecule has 7 nitrogen and oxygen atoms in total. The molecule has 3 rings (SSSR count). The maximum Gasteiger partial charge on any atom is 0.319 e. The largest absolute Gasteiger partial charge is 0.467 e. The molecule has 3 amide bonds. The molecule has 0 atom stereocenters. The van der Waals surface area contributed by atoms with Gasteiger partial charge in [-0.2, -0.15) is 0 Å². The summed E-state index contributed by atoms with van der Waals surface area (Å²) in [5.74, 6) is 0.631. The van der Waals surface area contributed by atoms with Gasteiger partial charge in [0.15, 0.2) is 0 Å². The van der Waals surface area contributed by atoms with Crippen molar-refractivity contribution >= 4 is 23.3 Å². The zero-order valence-electron chi connectivity index (χ0n) is 16.2. The molecule has 0 aliphatic rings. The van der Waals surface area contributed by atoms with E-state index < -0.39 is 0 Å². The lowest BCUT2D eigenvalue weighted by Crippen LogP contribution is -2.28. The number of nitrogens with zero attached hydrogens (tertiary/aromatic N) is 1. The molecule has 7 heteroatoms. The lowest BCUT2D eigenvalue weighted by atomic mass is 10.2. The predicted octanol–water partition coefficient (Wildman–Crippen LogP) is 4.14. The van der Waals surface area contributed by atoms with Crippen molar-refractivity contribution in [3.05, 3.63) is 71.4 Å². The van der Waals surface area contributed by atoms with Crippen LogP contribution in [0, 0.1) is 13.8 Å². The van der Waals surface area contributed by atoms with Crippen molar-refractivity contribution < 1.29 is 14.0 Å². The van der Waals surface area contributed by atoms with Gasteiger partial charge in [-0.15, -0.1) is 0 Å². The van der Waals surface area contributed by atoms with Crippen molar-refractivity contribution in [2.24, 2.45) is 0 Å². The summed E-state index contributed by atoms with van der Waals surface area (Å²) in [5.41, 5.74) is 3.65. The second kappa shape index (κ2) is 8.47. The molecule has 1 aromatic carbocycles. The van der Waals surface area contributed by atoms with Crippen molar-refractivity contribution in [3.63, 3.8) is 0 Å². The molecule has 28 heavy (non-hydrogen) atoms. The minimum atomic E-state index is -0.285. The van der Waals surface area contributed by atoms with Crippen LogP contribution in [0.5, 0.6) is 0 Å². The van der Waals surface area contributed by atoms with E-state index in [4.69, 9.17) is 4.42 Å². The van der Waals surface area contributed by atoms with Gasteiger partial charge in [-0.05, 0) is 57.2 Å². The number of carbonyl (C=O) groups excluding carboxylic acids is 2. The molecular weight excluding hydrogens is 356 g/mol. The molecule has 3 N–H and O–H groups in total. The monoisotopic (exact) mass is 380 g/mol. The highest BCUT2D eigenvalue weighted by Gasteiger charge is 2.17. The zero-order valence-corrected chi connectivity index (χ0v) is 16.2. The summed E-state index contributed by atoms with van der Waals surface area (Å²) in [5, 5.41) is 8.29. The summed E-state index contributed by atoms with van der Waals surface area (Å²) in [6.07, 6.45) is 1.64. The molecule has 0 bridgehead atoms. The number of hydrogen-bond donors (Lipinski definition) is 3. The number of carbonyl (C=O) groups is 2. The topological polar surface area (TPSA) is 88.3 Å². The van der Waals surface area contributed by atoms with Crippen LogP contribution in [0.15, 0.2) is 53.1 Å². The first-order valence-corrected chi connectivity index (χ1v) is 9.13. The molecule has 0 unspecified atom stereocenters. The molecule has 2 aromatic heterocycles. The van der Waals surface area contributed by atoms with Crippen LogP contribution in [0.3, 0.4) is 0 Å². The fourth-order valence-electron chi connectivity index (χ4n) is 3.04. The molecule has 3 aromatic rings. The summed E-state index contributed by atoms with van der Waals surface area (Å²) in [4.78, 5) is 24.5. The number of rotatable bonds is 6. The number of hydrogen-bond acceptors (Lipinski definition) is 3. The Bertz CT molecular complexity index is 974. The third-order valence-electron chi connectivity index (χ3n) is 4.43. The third kappa shape index (κ3) is 4.43. The van der Waals surface area contributed by atoms with E-state index in [9.17, 15) is 9.59 Å². The number of furan rings is 1. The summed E-state index contributed by atoms with van der Waals surface area (Å²) >= 11 is 0. The zero-order chi connectivity index (χ0) is 20.1. The Morgan fingerprint density at radius 1 is 1.04 bits per heavy atom. The van der Waals surface area contributed by atoms with Crippen molar-refractivity contribution in [1.29, 1.82) is 0 Å². The standard InChI is InChI=1S/C21H24N4O3/c1-4-22-21(27)24-17-8-5-7-16(12-17)23-20(26)19-11-14(2)25(15(19)3)13-18-9-6-10-28-18/h5-12H,4,13H2,1-3H3,(H,23,26)(H2,22,24,27). The molecule has 0 aliphatic heterocycles. The number of nitrogens with one attached hydrogen (secondary N) is 3. The number of aryl methyl sites for hydroxylation is 1. The fraction of sp³-hybridized carbons (Fsp3) is 0.238. The lowest BCUT2D eigenvalue weighted by Gasteiger charge is -2.10. The normalized spacial score (nSPS) is 10.5. The van der Waals surface area contributed by atoms with Crippen LogP contribution >= 0.6 is 0 Å².